The molecule has 292 valence electrons. The molecule has 0 radical (unpaired) electrons. The van der Waals surface area contributed by atoms with Crippen LogP contribution < -0.4 is 19.1 Å². The molecule has 55 heavy (non-hydrogen) atoms. The maximum atomic E-state index is 17.5. The lowest BCUT2D eigenvalue weighted by Crippen LogP contribution is -2.50. The third kappa shape index (κ3) is 6.28. The first-order chi connectivity index (χ1) is 26.4. The highest BCUT2D eigenvalue weighted by Crippen LogP contribution is 2.46. The first kappa shape index (κ1) is 37.8. The maximum Gasteiger partial charge on any atom is 0.319 e. The average Bonchev–Trinajstić information content (AvgIpc) is 3.63. The van der Waals surface area contributed by atoms with Gasteiger partial charge in [0.25, 0.3) is 0 Å². The van der Waals surface area contributed by atoms with Crippen LogP contribution in [0.25, 0.3) is 32.9 Å². The van der Waals surface area contributed by atoms with Crippen molar-refractivity contribution in [2.75, 3.05) is 51.7 Å². The highest BCUT2D eigenvalue weighted by molar-refractivity contribution is 6.90. The molecule has 3 fully saturated rings. The zero-order valence-corrected chi connectivity index (χ0v) is 33.8. The lowest BCUT2D eigenvalue weighted by Gasteiger charge is -2.40. The Morgan fingerprint density at radius 1 is 1.00 bits per heavy atom. The summed E-state index contributed by atoms with van der Waals surface area (Å²) in [6, 6.07) is 6.51. The lowest BCUT2D eigenvalue weighted by atomic mass is 9.95. The van der Waals surface area contributed by atoms with E-state index in [9.17, 15) is 4.39 Å². The third-order valence-corrected chi connectivity index (χ3v) is 19.0. The van der Waals surface area contributed by atoms with E-state index >= 15 is 8.78 Å². The van der Waals surface area contributed by atoms with Gasteiger partial charge in [0.2, 0.25) is 5.88 Å². The molecule has 4 aliphatic rings. The summed E-state index contributed by atoms with van der Waals surface area (Å²) in [5.74, 6) is 3.16. The number of alkyl halides is 1. The smallest absolute Gasteiger partial charge is 0.319 e. The number of rotatable bonds is 10. The summed E-state index contributed by atoms with van der Waals surface area (Å²) in [6.07, 6.45) is 2.11. The van der Waals surface area contributed by atoms with E-state index in [1.165, 1.54) is 13.2 Å². The molecule has 0 amide bonds. The number of fused-ring (bicyclic) bond motifs is 4. The minimum absolute atomic E-state index is 0.0116. The number of methoxy groups -OCH3 is 1. The molecule has 6 heterocycles. The zero-order valence-electron chi connectivity index (χ0n) is 32.8. The number of hydrogen-bond donors (Lipinski definition) is 0. The molecule has 3 saturated heterocycles. The average molecular weight is 774 g/mol. The molecule has 0 unspecified atom stereocenters. The summed E-state index contributed by atoms with van der Waals surface area (Å²) in [5.41, 5.74) is 4.55. The summed E-state index contributed by atoms with van der Waals surface area (Å²) in [7, 11) is -0.779. The van der Waals surface area contributed by atoms with Gasteiger partial charge < -0.3 is 23.8 Å². The van der Waals surface area contributed by atoms with Crippen LogP contribution in [0.2, 0.25) is 16.6 Å². The molecule has 0 bridgehead atoms. The molecule has 0 saturated carbocycles. The van der Waals surface area contributed by atoms with Gasteiger partial charge in [-0.15, -0.1) is 5.54 Å². The van der Waals surface area contributed by atoms with Gasteiger partial charge >= 0.3 is 6.01 Å². The van der Waals surface area contributed by atoms with Crippen molar-refractivity contribution in [3.8, 4) is 40.4 Å². The maximum absolute atomic E-state index is 17.5. The molecule has 0 aliphatic carbocycles. The molecule has 4 aliphatic heterocycles. The monoisotopic (exact) mass is 773 g/mol. The Morgan fingerprint density at radius 2 is 1.78 bits per heavy atom. The predicted octanol–water partition coefficient (Wildman–Crippen LogP) is 8.60. The van der Waals surface area contributed by atoms with E-state index in [-0.39, 0.29) is 53.7 Å². The second kappa shape index (κ2) is 14.4. The van der Waals surface area contributed by atoms with Crippen LogP contribution in [-0.2, 0) is 4.74 Å². The Hall–Kier alpha value is -4.12. The lowest BCUT2D eigenvalue weighted by molar-refractivity contribution is 0.0512. The second-order valence-electron chi connectivity index (χ2n) is 16.6. The summed E-state index contributed by atoms with van der Waals surface area (Å²) < 4.78 is 72.1. The zero-order chi connectivity index (χ0) is 38.8. The van der Waals surface area contributed by atoms with Crippen molar-refractivity contribution in [1.29, 1.82) is 0 Å². The van der Waals surface area contributed by atoms with Crippen LogP contribution in [0.3, 0.4) is 0 Å². The predicted molar refractivity (Wildman–Crippen MR) is 210 cm³/mol. The van der Waals surface area contributed by atoms with Gasteiger partial charge in [-0.25, -0.2) is 18.2 Å². The number of hydrogen-bond acceptors (Lipinski definition) is 9. The number of benzene rings is 2. The van der Waals surface area contributed by atoms with E-state index in [1.54, 1.807) is 18.2 Å². The van der Waals surface area contributed by atoms with Crippen LogP contribution in [0, 0.1) is 23.1 Å². The van der Waals surface area contributed by atoms with Gasteiger partial charge in [-0.1, -0.05) is 53.5 Å². The number of halogens is 3. The normalized spacial score (nSPS) is 22.1. The van der Waals surface area contributed by atoms with Crippen LogP contribution in [0.5, 0.6) is 17.6 Å². The topological polar surface area (TPSA) is 82.1 Å². The third-order valence-electron chi connectivity index (χ3n) is 12.7. The van der Waals surface area contributed by atoms with Gasteiger partial charge in [-0.2, -0.15) is 9.97 Å². The van der Waals surface area contributed by atoms with E-state index in [2.05, 4.69) is 67.8 Å². The Bertz CT molecular complexity index is 2190. The van der Waals surface area contributed by atoms with Crippen LogP contribution in [-0.4, -0.2) is 92.4 Å². The molecule has 2 aromatic heterocycles. The number of pyridine rings is 1. The van der Waals surface area contributed by atoms with Gasteiger partial charge in [0, 0.05) is 37.6 Å². The second-order valence-corrected chi connectivity index (χ2v) is 22.2. The van der Waals surface area contributed by atoms with E-state index in [4.69, 9.17) is 28.9 Å². The molecule has 0 spiro atoms. The van der Waals surface area contributed by atoms with Gasteiger partial charge in [0.15, 0.2) is 12.6 Å². The van der Waals surface area contributed by atoms with E-state index < -0.39 is 31.4 Å². The summed E-state index contributed by atoms with van der Waals surface area (Å²) in [6.45, 7) is 15.6. The highest BCUT2D eigenvalue weighted by Gasteiger charge is 2.49. The fourth-order valence-corrected chi connectivity index (χ4v) is 15.1. The van der Waals surface area contributed by atoms with Crippen molar-refractivity contribution < 1.29 is 32.1 Å². The standard InChI is InChI=1S/C42H50F3N5O4Si/c1-24(2)55(25(3)4,26(5)6)16-12-31-33(44)10-9-27-17-30(54-23-51-7)18-32(34(27)31)37-36(45)38-35-39(50-15-11-29(50)21-52-40(35)46-37)48-41(47-38)53-22-42-13-8-14-49(42)20-28(43)19-42/h9-10,17-18,24-26,28-29H,8,11,13-15,19-23H2,1-7H3/t28-,29+,42+/m1/s1. The number of nitrogens with zero attached hydrogens (tertiary/aromatic N) is 5. The molecule has 13 heteroatoms. The number of ether oxygens (including phenoxy) is 4. The van der Waals surface area contributed by atoms with Crippen molar-refractivity contribution in [2.45, 2.75) is 102 Å². The van der Waals surface area contributed by atoms with Gasteiger partial charge in [-0.3, -0.25) is 4.90 Å². The molecular formula is C42H50F3N5O4Si. The Morgan fingerprint density at radius 3 is 2.49 bits per heavy atom. The summed E-state index contributed by atoms with van der Waals surface area (Å²) in [5, 5.41) is 1.37. The first-order valence-corrected chi connectivity index (χ1v) is 21.8. The fourth-order valence-electron chi connectivity index (χ4n) is 9.91. The Balaban J connectivity index is 1.34. The fraction of sp³-hybridized carbons (Fsp3) is 0.548. The van der Waals surface area contributed by atoms with Gasteiger partial charge in [0.05, 0.1) is 17.1 Å². The molecule has 3 atom stereocenters. The van der Waals surface area contributed by atoms with Crippen molar-refractivity contribution in [1.82, 2.24) is 19.9 Å². The van der Waals surface area contributed by atoms with Gasteiger partial charge in [0.1, 0.15) is 61.4 Å². The van der Waals surface area contributed by atoms with E-state index in [1.807, 2.05) is 0 Å². The van der Waals surface area contributed by atoms with Crippen LogP contribution in [0.1, 0.15) is 72.8 Å². The SMILES string of the molecule is COCOc1cc(-c2nc3c4c(nc(OC[C@@]56CCCN5C[C@H](F)C6)nc4c2F)N2CC[C@H]2CO3)c2c(C#C[Si](C(C)C)(C(C)C)C(C)C)c(F)ccc2c1. The molecular weight excluding hydrogens is 724 g/mol. The molecule has 2 aromatic carbocycles. The molecule has 0 N–H and O–H groups in total. The Kier molecular flexibility index (Phi) is 9.91. The largest absolute Gasteiger partial charge is 0.475 e. The van der Waals surface area contributed by atoms with E-state index in [0.717, 1.165) is 25.8 Å². The van der Waals surface area contributed by atoms with Crippen LogP contribution >= 0.6 is 0 Å². The highest BCUT2D eigenvalue weighted by atomic mass is 28.3. The van der Waals surface area contributed by atoms with Crippen molar-refractivity contribution in [2.24, 2.45) is 0 Å². The first-order valence-electron chi connectivity index (χ1n) is 19.6. The number of aromatic nitrogens is 3. The van der Waals surface area contributed by atoms with Crippen molar-refractivity contribution >= 4 is 35.6 Å². The quantitative estimate of drug-likeness (QED) is 0.0895. The Labute approximate surface area is 321 Å². The number of anilines is 1. The summed E-state index contributed by atoms with van der Waals surface area (Å²) >= 11 is 0. The molecule has 9 nitrogen and oxygen atoms in total. The summed E-state index contributed by atoms with van der Waals surface area (Å²) in [4.78, 5) is 18.6. The van der Waals surface area contributed by atoms with E-state index in [0.29, 0.717) is 70.5 Å². The van der Waals surface area contributed by atoms with Crippen molar-refractivity contribution in [3.05, 3.63) is 41.5 Å². The van der Waals surface area contributed by atoms with Crippen molar-refractivity contribution in [3.63, 3.8) is 0 Å². The van der Waals surface area contributed by atoms with Crippen LogP contribution in [0.4, 0.5) is 19.0 Å². The van der Waals surface area contributed by atoms with Gasteiger partial charge in [-0.05, 0) is 66.0 Å². The minimum atomic E-state index is -2.29. The molecule has 4 aromatic rings. The van der Waals surface area contributed by atoms with Crippen LogP contribution in [0.15, 0.2) is 24.3 Å². The molecule has 8 rings (SSSR count). The minimum Gasteiger partial charge on any atom is -0.475 e.